The lowest BCUT2D eigenvalue weighted by molar-refractivity contribution is 0.0938. The first-order valence-electron chi connectivity index (χ1n) is 8.58. The van der Waals surface area contributed by atoms with Gasteiger partial charge in [-0.25, -0.2) is 4.98 Å². The van der Waals surface area contributed by atoms with Gasteiger partial charge in [0.15, 0.2) is 0 Å². The maximum Gasteiger partial charge on any atom is 0.256 e. The van der Waals surface area contributed by atoms with Crippen LogP contribution in [-0.4, -0.2) is 41.5 Å². The third-order valence-electron chi connectivity index (χ3n) is 4.43. The Morgan fingerprint density at radius 1 is 1.40 bits per heavy atom. The van der Waals surface area contributed by atoms with Gasteiger partial charge in [-0.1, -0.05) is 28.9 Å². The second kappa shape index (κ2) is 8.45. The molecule has 1 unspecified atom stereocenters. The number of pyridine rings is 1. The van der Waals surface area contributed by atoms with E-state index in [0.717, 1.165) is 24.0 Å². The van der Waals surface area contributed by atoms with Crippen molar-refractivity contribution in [2.24, 2.45) is 0 Å². The molecule has 1 aliphatic heterocycles. The summed E-state index contributed by atoms with van der Waals surface area (Å²) in [6, 6.07) is 11.4. The number of benzene rings is 1. The fourth-order valence-electron chi connectivity index (χ4n) is 3.14. The van der Waals surface area contributed by atoms with Crippen molar-refractivity contribution in [1.82, 2.24) is 15.2 Å². The van der Waals surface area contributed by atoms with Gasteiger partial charge in [0.05, 0.1) is 0 Å². The smallest absolute Gasteiger partial charge is 0.256 e. The number of carbonyl (C=O) groups excluding carboxylic acids is 1. The van der Waals surface area contributed by atoms with Crippen LogP contribution in [0.3, 0.4) is 0 Å². The monoisotopic (exact) mass is 403 g/mol. The summed E-state index contributed by atoms with van der Waals surface area (Å²) in [5, 5.41) is 3.03. The first kappa shape index (κ1) is 17.9. The van der Waals surface area contributed by atoms with Crippen LogP contribution in [0.25, 0.3) is 0 Å². The summed E-state index contributed by atoms with van der Waals surface area (Å²) in [6.45, 7) is 4.94. The number of amides is 1. The Balaban J connectivity index is 1.68. The number of aromatic nitrogens is 1. The fraction of sp³-hybridized carbons (Fsp3) is 0.368. The molecular weight excluding hydrogens is 382 g/mol. The maximum atomic E-state index is 12.6. The zero-order valence-electron chi connectivity index (χ0n) is 14.2. The van der Waals surface area contributed by atoms with Crippen molar-refractivity contribution in [2.45, 2.75) is 25.8 Å². The largest absolute Gasteiger partial charge is 0.438 e. The summed E-state index contributed by atoms with van der Waals surface area (Å²) in [5.41, 5.74) is 0.448. The minimum Gasteiger partial charge on any atom is -0.438 e. The molecular formula is C19H22BrN3O2. The zero-order valence-corrected chi connectivity index (χ0v) is 15.8. The molecule has 0 bridgehead atoms. The lowest BCUT2D eigenvalue weighted by atomic mass is 10.2. The number of likely N-dealkylation sites (tertiary alicyclic amines) is 1. The molecule has 5 nitrogen and oxygen atoms in total. The van der Waals surface area contributed by atoms with Crippen LogP contribution in [0.1, 0.15) is 30.1 Å². The number of hydrogen-bond acceptors (Lipinski definition) is 4. The lowest BCUT2D eigenvalue weighted by Gasteiger charge is -2.23. The van der Waals surface area contributed by atoms with Crippen LogP contribution in [0.2, 0.25) is 0 Å². The number of hydrogen-bond donors (Lipinski definition) is 1. The molecule has 1 saturated heterocycles. The normalized spacial score (nSPS) is 17.4. The molecule has 1 atom stereocenters. The van der Waals surface area contributed by atoms with Crippen molar-refractivity contribution in [3.8, 4) is 11.6 Å². The molecule has 6 heteroatoms. The molecule has 1 aromatic carbocycles. The van der Waals surface area contributed by atoms with Gasteiger partial charge in [-0.15, -0.1) is 0 Å². The Morgan fingerprint density at radius 3 is 3.08 bits per heavy atom. The predicted octanol–water partition coefficient (Wildman–Crippen LogP) is 3.85. The van der Waals surface area contributed by atoms with E-state index >= 15 is 0 Å². The third-order valence-corrected chi connectivity index (χ3v) is 4.92. The van der Waals surface area contributed by atoms with Gasteiger partial charge in [-0.2, -0.15) is 0 Å². The van der Waals surface area contributed by atoms with E-state index in [-0.39, 0.29) is 5.91 Å². The van der Waals surface area contributed by atoms with Gasteiger partial charge in [0.1, 0.15) is 11.3 Å². The minimum absolute atomic E-state index is 0.152. The Kier molecular flexibility index (Phi) is 6.04. The summed E-state index contributed by atoms with van der Waals surface area (Å²) in [7, 11) is 0. The second-order valence-electron chi connectivity index (χ2n) is 6.05. The number of carbonyl (C=O) groups is 1. The van der Waals surface area contributed by atoms with Crippen molar-refractivity contribution in [1.29, 1.82) is 0 Å². The number of rotatable bonds is 6. The van der Waals surface area contributed by atoms with Crippen molar-refractivity contribution in [3.63, 3.8) is 0 Å². The number of likely N-dealkylation sites (N-methyl/N-ethyl adjacent to an activating group) is 1. The minimum atomic E-state index is -0.152. The molecule has 1 fully saturated rings. The lowest BCUT2D eigenvalue weighted by Crippen LogP contribution is -2.40. The number of nitrogens with zero attached hydrogens (tertiary/aromatic N) is 2. The molecule has 25 heavy (non-hydrogen) atoms. The summed E-state index contributed by atoms with van der Waals surface area (Å²) in [5.74, 6) is 0.799. The summed E-state index contributed by atoms with van der Waals surface area (Å²) in [6.07, 6.45) is 3.95. The van der Waals surface area contributed by atoms with Crippen LogP contribution >= 0.6 is 15.9 Å². The molecule has 3 rings (SSSR count). The average Bonchev–Trinajstić information content (AvgIpc) is 3.08. The molecule has 0 saturated carbocycles. The molecule has 2 aromatic rings. The fourth-order valence-corrected chi connectivity index (χ4v) is 3.51. The highest BCUT2D eigenvalue weighted by atomic mass is 79.9. The topological polar surface area (TPSA) is 54.5 Å². The standard InChI is InChI=1S/C19H22BrN3O2/c1-2-23-11-5-7-15(23)13-22-18(24)17-9-4-10-21-19(17)25-16-8-3-6-14(20)12-16/h3-4,6,8-10,12,15H,2,5,7,11,13H2,1H3,(H,22,24). The molecule has 0 radical (unpaired) electrons. The van der Waals surface area contributed by atoms with E-state index in [1.165, 1.54) is 6.42 Å². The highest BCUT2D eigenvalue weighted by molar-refractivity contribution is 9.10. The van der Waals surface area contributed by atoms with Crippen LogP contribution < -0.4 is 10.1 Å². The summed E-state index contributed by atoms with van der Waals surface area (Å²) in [4.78, 5) is 19.2. The van der Waals surface area contributed by atoms with Gasteiger partial charge >= 0.3 is 0 Å². The van der Waals surface area contributed by atoms with Crippen molar-refractivity contribution in [2.75, 3.05) is 19.6 Å². The molecule has 1 aromatic heterocycles. The van der Waals surface area contributed by atoms with Gasteiger partial charge in [0.25, 0.3) is 5.91 Å². The SMILES string of the molecule is CCN1CCCC1CNC(=O)c1cccnc1Oc1cccc(Br)c1. The Bertz CT molecular complexity index is 738. The number of nitrogens with one attached hydrogen (secondary N) is 1. The van der Waals surface area contributed by atoms with E-state index < -0.39 is 0 Å². The van der Waals surface area contributed by atoms with Gasteiger partial charge in [0.2, 0.25) is 5.88 Å². The Hall–Kier alpha value is -1.92. The van der Waals surface area contributed by atoms with Gasteiger partial charge in [0, 0.05) is 23.3 Å². The molecule has 0 aliphatic carbocycles. The molecule has 1 aliphatic rings. The molecule has 0 spiro atoms. The van der Waals surface area contributed by atoms with Gasteiger partial charge in [-0.05, 0) is 56.3 Å². The van der Waals surface area contributed by atoms with E-state index in [1.807, 2.05) is 24.3 Å². The number of halogens is 1. The van der Waals surface area contributed by atoms with Crippen molar-refractivity contribution in [3.05, 3.63) is 52.6 Å². The van der Waals surface area contributed by atoms with E-state index in [9.17, 15) is 4.79 Å². The van der Waals surface area contributed by atoms with Crippen LogP contribution in [0.15, 0.2) is 47.1 Å². The van der Waals surface area contributed by atoms with Crippen molar-refractivity contribution >= 4 is 21.8 Å². The van der Waals surface area contributed by atoms with Crippen molar-refractivity contribution < 1.29 is 9.53 Å². The third kappa shape index (κ3) is 4.58. The first-order chi connectivity index (χ1) is 12.2. The van der Waals surface area contributed by atoms with E-state index in [0.29, 0.717) is 29.8 Å². The highest BCUT2D eigenvalue weighted by Gasteiger charge is 2.24. The van der Waals surface area contributed by atoms with E-state index in [1.54, 1.807) is 18.3 Å². The second-order valence-corrected chi connectivity index (χ2v) is 6.97. The summed E-state index contributed by atoms with van der Waals surface area (Å²) < 4.78 is 6.72. The zero-order chi connectivity index (χ0) is 17.6. The van der Waals surface area contributed by atoms with Gasteiger partial charge in [-0.3, -0.25) is 9.69 Å². The Morgan fingerprint density at radius 2 is 2.28 bits per heavy atom. The molecule has 132 valence electrons. The predicted molar refractivity (Wildman–Crippen MR) is 101 cm³/mol. The number of ether oxygens (including phenoxy) is 1. The maximum absolute atomic E-state index is 12.6. The quantitative estimate of drug-likeness (QED) is 0.795. The van der Waals surface area contributed by atoms with Crippen LogP contribution in [0, 0.1) is 0 Å². The van der Waals surface area contributed by atoms with Crippen LogP contribution in [0.5, 0.6) is 11.6 Å². The van der Waals surface area contributed by atoms with Gasteiger partial charge < -0.3 is 10.1 Å². The summed E-state index contributed by atoms with van der Waals surface area (Å²) >= 11 is 3.41. The molecule has 2 heterocycles. The van der Waals surface area contributed by atoms with E-state index in [4.69, 9.17) is 4.74 Å². The molecule has 1 N–H and O–H groups in total. The van der Waals surface area contributed by atoms with Crippen LogP contribution in [-0.2, 0) is 0 Å². The average molecular weight is 404 g/mol. The highest BCUT2D eigenvalue weighted by Crippen LogP contribution is 2.25. The van der Waals surface area contributed by atoms with Crippen LogP contribution in [0.4, 0.5) is 0 Å². The van der Waals surface area contributed by atoms with E-state index in [2.05, 4.69) is 38.1 Å². The molecule has 1 amide bonds. The Labute approximate surface area is 156 Å². The first-order valence-corrected chi connectivity index (χ1v) is 9.37.